The largest absolute Gasteiger partial charge is 0.339 e. The molecule has 0 bridgehead atoms. The smallest absolute Gasteiger partial charge is 0.254 e. The molecule has 0 saturated carbocycles. The number of carbonyl (C=O) groups excluding carboxylic acids is 2. The van der Waals surface area contributed by atoms with Crippen LogP contribution >= 0.6 is 11.8 Å². The molecule has 0 heterocycles. The molecule has 0 aromatic heterocycles. The molecule has 5 heteroatoms. The molecule has 1 rings (SSSR count). The van der Waals surface area contributed by atoms with Crippen molar-refractivity contribution in [3.05, 3.63) is 29.3 Å². The number of anilines is 1. The quantitative estimate of drug-likeness (QED) is 0.873. The Morgan fingerprint density at radius 2 is 1.91 bits per heavy atom. The summed E-state index contributed by atoms with van der Waals surface area (Å²) in [6.45, 7) is 7.76. The van der Waals surface area contributed by atoms with E-state index in [-0.39, 0.29) is 23.8 Å². The maximum absolute atomic E-state index is 12.5. The predicted molar refractivity (Wildman–Crippen MR) is 94.6 cm³/mol. The van der Waals surface area contributed by atoms with Crippen molar-refractivity contribution in [2.75, 3.05) is 24.4 Å². The molecular formula is C17H26N2O2S. The number of benzene rings is 1. The highest BCUT2D eigenvalue weighted by Gasteiger charge is 2.18. The predicted octanol–water partition coefficient (Wildman–Crippen LogP) is 3.41. The molecule has 0 spiro atoms. The van der Waals surface area contributed by atoms with Gasteiger partial charge in [0, 0.05) is 36.0 Å². The highest BCUT2D eigenvalue weighted by Crippen LogP contribution is 2.19. The topological polar surface area (TPSA) is 49.4 Å². The van der Waals surface area contributed by atoms with Gasteiger partial charge in [0.05, 0.1) is 0 Å². The molecule has 1 N–H and O–H groups in total. The minimum Gasteiger partial charge on any atom is -0.339 e. The van der Waals surface area contributed by atoms with Crippen LogP contribution in [0.4, 0.5) is 5.69 Å². The van der Waals surface area contributed by atoms with Crippen LogP contribution in [0.5, 0.6) is 0 Å². The van der Waals surface area contributed by atoms with E-state index in [0.29, 0.717) is 11.3 Å². The summed E-state index contributed by atoms with van der Waals surface area (Å²) in [5.41, 5.74) is 2.21. The van der Waals surface area contributed by atoms with E-state index >= 15 is 0 Å². The van der Waals surface area contributed by atoms with Crippen LogP contribution in [0.25, 0.3) is 0 Å². The van der Waals surface area contributed by atoms with Crippen LogP contribution in [0, 0.1) is 12.8 Å². The lowest BCUT2D eigenvalue weighted by atomic mass is 10.1. The number of hydrogen-bond acceptors (Lipinski definition) is 3. The Labute approximate surface area is 137 Å². The van der Waals surface area contributed by atoms with Gasteiger partial charge in [0.25, 0.3) is 5.91 Å². The van der Waals surface area contributed by atoms with Crippen molar-refractivity contribution in [1.82, 2.24) is 4.90 Å². The van der Waals surface area contributed by atoms with Gasteiger partial charge in [-0.3, -0.25) is 9.59 Å². The van der Waals surface area contributed by atoms with Gasteiger partial charge in [0.2, 0.25) is 5.91 Å². The zero-order valence-electron chi connectivity index (χ0n) is 14.3. The third kappa shape index (κ3) is 4.77. The van der Waals surface area contributed by atoms with Crippen molar-refractivity contribution in [2.45, 2.75) is 33.7 Å². The van der Waals surface area contributed by atoms with Crippen molar-refractivity contribution in [3.8, 4) is 0 Å². The monoisotopic (exact) mass is 322 g/mol. The molecule has 4 nitrogen and oxygen atoms in total. The van der Waals surface area contributed by atoms with Gasteiger partial charge >= 0.3 is 0 Å². The molecule has 0 saturated heterocycles. The Morgan fingerprint density at radius 3 is 2.45 bits per heavy atom. The average molecular weight is 322 g/mol. The van der Waals surface area contributed by atoms with Crippen molar-refractivity contribution in [1.29, 1.82) is 0 Å². The molecule has 22 heavy (non-hydrogen) atoms. The lowest BCUT2D eigenvalue weighted by Gasteiger charge is -2.23. The molecule has 1 aromatic carbocycles. The minimum atomic E-state index is -0.0613. The van der Waals surface area contributed by atoms with Crippen LogP contribution in [0.3, 0.4) is 0 Å². The van der Waals surface area contributed by atoms with E-state index in [2.05, 4.69) is 5.32 Å². The summed E-state index contributed by atoms with van der Waals surface area (Å²) in [6, 6.07) is 5.61. The van der Waals surface area contributed by atoms with Crippen LogP contribution < -0.4 is 5.32 Å². The lowest BCUT2D eigenvalue weighted by Crippen LogP contribution is -2.33. The Balaban J connectivity index is 2.95. The van der Waals surface area contributed by atoms with Crippen molar-refractivity contribution >= 4 is 29.3 Å². The standard InChI is InChI=1S/C17H26N2O2S/c1-11(2)19(5)17(21)15-9-14(8-7-12(15)3)18-16(20)13(4)10-22-6/h7-9,11,13H,10H2,1-6H3,(H,18,20). The van der Waals surface area contributed by atoms with E-state index in [0.717, 1.165) is 11.3 Å². The summed E-state index contributed by atoms with van der Waals surface area (Å²) >= 11 is 1.64. The summed E-state index contributed by atoms with van der Waals surface area (Å²) < 4.78 is 0. The molecule has 2 amide bonds. The van der Waals surface area contributed by atoms with Crippen LogP contribution in [-0.2, 0) is 4.79 Å². The van der Waals surface area contributed by atoms with Crippen molar-refractivity contribution < 1.29 is 9.59 Å². The number of aryl methyl sites for hydroxylation is 1. The molecule has 0 aliphatic heterocycles. The Hall–Kier alpha value is -1.49. The Morgan fingerprint density at radius 1 is 1.27 bits per heavy atom. The Bertz CT molecular complexity index is 543. The van der Waals surface area contributed by atoms with E-state index in [1.54, 1.807) is 29.8 Å². The number of nitrogens with zero attached hydrogens (tertiary/aromatic N) is 1. The highest BCUT2D eigenvalue weighted by molar-refractivity contribution is 7.98. The SMILES string of the molecule is CSCC(C)C(=O)Nc1ccc(C)c(C(=O)N(C)C(C)C)c1. The molecule has 0 fully saturated rings. The molecule has 0 aliphatic carbocycles. The number of hydrogen-bond donors (Lipinski definition) is 1. The molecular weight excluding hydrogens is 296 g/mol. The number of nitrogens with one attached hydrogen (secondary N) is 1. The third-order valence-corrected chi connectivity index (χ3v) is 4.53. The van der Waals surface area contributed by atoms with Crippen LogP contribution in [0.2, 0.25) is 0 Å². The van der Waals surface area contributed by atoms with Gasteiger partial charge in [0.1, 0.15) is 0 Å². The van der Waals surface area contributed by atoms with Gasteiger partial charge in [0.15, 0.2) is 0 Å². The molecule has 122 valence electrons. The summed E-state index contributed by atoms with van der Waals surface area (Å²) in [7, 11) is 1.79. The summed E-state index contributed by atoms with van der Waals surface area (Å²) in [4.78, 5) is 26.3. The first-order valence-corrected chi connectivity index (χ1v) is 8.85. The normalized spacial score (nSPS) is 12.1. The zero-order valence-corrected chi connectivity index (χ0v) is 15.1. The summed E-state index contributed by atoms with van der Waals surface area (Å²) in [5.74, 6) is 0.669. The number of rotatable bonds is 6. The summed E-state index contributed by atoms with van der Waals surface area (Å²) in [6.07, 6.45) is 1.98. The fraction of sp³-hybridized carbons (Fsp3) is 0.529. The van der Waals surface area contributed by atoms with Gasteiger partial charge < -0.3 is 10.2 Å². The number of carbonyl (C=O) groups is 2. The fourth-order valence-corrected chi connectivity index (χ4v) is 2.60. The van der Waals surface area contributed by atoms with E-state index in [1.807, 2.05) is 46.1 Å². The molecule has 1 aromatic rings. The van der Waals surface area contributed by atoms with Crippen molar-refractivity contribution in [3.63, 3.8) is 0 Å². The molecule has 1 atom stereocenters. The maximum Gasteiger partial charge on any atom is 0.254 e. The molecule has 0 radical (unpaired) electrons. The van der Waals surface area contributed by atoms with Gasteiger partial charge in [-0.25, -0.2) is 0 Å². The zero-order chi connectivity index (χ0) is 16.9. The highest BCUT2D eigenvalue weighted by atomic mass is 32.2. The van der Waals surface area contributed by atoms with Gasteiger partial charge in [-0.1, -0.05) is 13.0 Å². The first kappa shape index (κ1) is 18.6. The van der Waals surface area contributed by atoms with Crippen LogP contribution in [0.1, 0.15) is 36.7 Å². The fourth-order valence-electron chi connectivity index (χ4n) is 1.95. The summed E-state index contributed by atoms with van der Waals surface area (Å²) in [5, 5.41) is 2.89. The second kappa shape index (κ2) is 8.22. The first-order chi connectivity index (χ1) is 10.3. The second-order valence-electron chi connectivity index (χ2n) is 5.89. The number of amides is 2. The minimum absolute atomic E-state index is 0.0196. The Kier molecular flexibility index (Phi) is 6.94. The second-order valence-corrected chi connectivity index (χ2v) is 6.80. The lowest BCUT2D eigenvalue weighted by molar-refractivity contribution is -0.118. The van der Waals surface area contributed by atoms with E-state index in [9.17, 15) is 9.59 Å². The average Bonchev–Trinajstić information content (AvgIpc) is 2.47. The van der Waals surface area contributed by atoms with Gasteiger partial charge in [-0.05, 0) is 44.7 Å². The van der Waals surface area contributed by atoms with E-state index < -0.39 is 0 Å². The molecule has 0 aliphatic rings. The van der Waals surface area contributed by atoms with Gasteiger partial charge in [-0.15, -0.1) is 0 Å². The van der Waals surface area contributed by atoms with Crippen LogP contribution in [-0.4, -0.2) is 41.8 Å². The third-order valence-electron chi connectivity index (χ3n) is 3.69. The number of thioether (sulfide) groups is 1. The van der Waals surface area contributed by atoms with Crippen LogP contribution in [0.15, 0.2) is 18.2 Å². The van der Waals surface area contributed by atoms with Gasteiger partial charge in [-0.2, -0.15) is 11.8 Å². The van der Waals surface area contributed by atoms with E-state index in [1.165, 1.54) is 0 Å². The van der Waals surface area contributed by atoms with Crippen molar-refractivity contribution in [2.24, 2.45) is 5.92 Å². The first-order valence-electron chi connectivity index (χ1n) is 7.45. The van der Waals surface area contributed by atoms with E-state index in [4.69, 9.17) is 0 Å². The maximum atomic E-state index is 12.5. The molecule has 1 unspecified atom stereocenters.